The van der Waals surface area contributed by atoms with Crippen LogP contribution in [0.15, 0.2) is 23.1 Å². The first kappa shape index (κ1) is 17.7. The molecule has 0 saturated carbocycles. The molecule has 21 heavy (non-hydrogen) atoms. The lowest BCUT2D eigenvalue weighted by atomic mass is 9.86. The lowest BCUT2D eigenvalue weighted by molar-refractivity contribution is 0.289. The van der Waals surface area contributed by atoms with E-state index in [4.69, 9.17) is 5.26 Å². The Bertz CT molecular complexity index is 620. The fourth-order valence-electron chi connectivity index (χ4n) is 2.48. The van der Waals surface area contributed by atoms with Crippen molar-refractivity contribution in [1.82, 2.24) is 4.72 Å². The first-order valence-electron chi connectivity index (χ1n) is 7.19. The van der Waals surface area contributed by atoms with Crippen LogP contribution in [0.1, 0.15) is 38.8 Å². The summed E-state index contributed by atoms with van der Waals surface area (Å²) in [6, 6.07) is 6.69. The van der Waals surface area contributed by atoms with Gasteiger partial charge in [-0.1, -0.05) is 33.8 Å². The maximum atomic E-state index is 12.5. The first-order chi connectivity index (χ1) is 9.69. The molecule has 116 valence electrons. The molecule has 0 bridgehead atoms. The Morgan fingerprint density at radius 1 is 1.19 bits per heavy atom. The van der Waals surface area contributed by atoms with Gasteiger partial charge in [-0.2, -0.15) is 5.26 Å². The fourth-order valence-corrected chi connectivity index (χ4v) is 3.83. The lowest BCUT2D eigenvalue weighted by Gasteiger charge is -2.25. The van der Waals surface area contributed by atoms with E-state index in [-0.39, 0.29) is 10.8 Å². The molecule has 0 aliphatic rings. The predicted molar refractivity (Wildman–Crippen MR) is 84.2 cm³/mol. The van der Waals surface area contributed by atoms with Gasteiger partial charge in [-0.05, 0) is 42.4 Å². The summed E-state index contributed by atoms with van der Waals surface area (Å²) in [4.78, 5) is 0.188. The van der Waals surface area contributed by atoms with Crippen LogP contribution >= 0.6 is 0 Å². The zero-order valence-corrected chi connectivity index (χ0v) is 14.2. The summed E-state index contributed by atoms with van der Waals surface area (Å²) in [6.07, 6.45) is 0. The van der Waals surface area contributed by atoms with E-state index >= 15 is 0 Å². The summed E-state index contributed by atoms with van der Waals surface area (Å²) in [6.45, 7) is 10.5. The van der Waals surface area contributed by atoms with Gasteiger partial charge >= 0.3 is 0 Å². The van der Waals surface area contributed by atoms with E-state index in [2.05, 4.69) is 32.4 Å². The van der Waals surface area contributed by atoms with Gasteiger partial charge in [-0.15, -0.1) is 0 Å². The average Bonchev–Trinajstić information content (AvgIpc) is 2.38. The number of hydrogen-bond donors (Lipinski definition) is 1. The minimum absolute atomic E-state index is 0.188. The van der Waals surface area contributed by atoms with E-state index in [0.717, 1.165) is 0 Å². The summed E-state index contributed by atoms with van der Waals surface area (Å²) in [7, 11) is -3.59. The highest BCUT2D eigenvalue weighted by Gasteiger charge is 2.22. The molecule has 1 aromatic carbocycles. The smallest absolute Gasteiger partial charge is 0.211 e. The van der Waals surface area contributed by atoms with Crippen LogP contribution in [0.4, 0.5) is 0 Å². The van der Waals surface area contributed by atoms with Crippen LogP contribution in [0.3, 0.4) is 0 Å². The molecule has 0 aliphatic heterocycles. The second-order valence-corrected chi connectivity index (χ2v) is 7.83. The maximum Gasteiger partial charge on any atom is 0.240 e. The quantitative estimate of drug-likeness (QED) is 0.878. The molecule has 1 rings (SSSR count). The monoisotopic (exact) mass is 308 g/mol. The zero-order chi connectivity index (χ0) is 16.2. The third-order valence-corrected chi connectivity index (χ3v) is 5.39. The molecule has 0 unspecified atom stereocenters. The number of nitrogens with zero attached hydrogens (tertiary/aromatic N) is 1. The summed E-state index contributed by atoms with van der Waals surface area (Å²) in [5.41, 5.74) is 0.998. The third-order valence-electron chi connectivity index (χ3n) is 3.83. The van der Waals surface area contributed by atoms with Crippen LogP contribution in [0, 0.1) is 36.0 Å². The molecular weight excluding hydrogens is 284 g/mol. The van der Waals surface area contributed by atoms with Gasteiger partial charge in [0.1, 0.15) is 0 Å². The van der Waals surface area contributed by atoms with Gasteiger partial charge in [0.2, 0.25) is 10.0 Å². The van der Waals surface area contributed by atoms with E-state index in [0.29, 0.717) is 29.5 Å². The highest BCUT2D eigenvalue weighted by atomic mass is 32.2. The van der Waals surface area contributed by atoms with Crippen molar-refractivity contribution in [2.45, 2.75) is 39.5 Å². The highest BCUT2D eigenvalue weighted by molar-refractivity contribution is 7.89. The normalized spacial score (nSPS) is 12.1. The molecular formula is C16H24N2O2S. The Kier molecular flexibility index (Phi) is 5.94. The second kappa shape index (κ2) is 7.06. The Balaban J connectivity index is 3.00. The Morgan fingerprint density at radius 2 is 1.76 bits per heavy atom. The van der Waals surface area contributed by atoms with Crippen molar-refractivity contribution in [2.75, 3.05) is 6.54 Å². The van der Waals surface area contributed by atoms with E-state index in [1.165, 1.54) is 6.07 Å². The second-order valence-electron chi connectivity index (χ2n) is 6.10. The summed E-state index contributed by atoms with van der Waals surface area (Å²) < 4.78 is 27.6. The molecule has 0 radical (unpaired) electrons. The Hall–Kier alpha value is -1.38. The molecule has 0 saturated heterocycles. The van der Waals surface area contributed by atoms with E-state index < -0.39 is 10.0 Å². The van der Waals surface area contributed by atoms with E-state index in [1.807, 2.05) is 6.07 Å². The van der Waals surface area contributed by atoms with Gasteiger partial charge in [-0.25, -0.2) is 13.1 Å². The van der Waals surface area contributed by atoms with E-state index in [9.17, 15) is 8.42 Å². The summed E-state index contributed by atoms with van der Waals surface area (Å²) in [5, 5.41) is 8.92. The van der Waals surface area contributed by atoms with Gasteiger partial charge in [0.05, 0.1) is 16.5 Å². The lowest BCUT2D eigenvalue weighted by Crippen LogP contribution is -2.34. The van der Waals surface area contributed by atoms with Gasteiger partial charge in [0.15, 0.2) is 0 Å². The number of rotatable bonds is 6. The molecule has 5 heteroatoms. The topological polar surface area (TPSA) is 70.0 Å². The minimum Gasteiger partial charge on any atom is -0.211 e. The molecule has 1 N–H and O–H groups in total. The van der Waals surface area contributed by atoms with Gasteiger partial charge in [0.25, 0.3) is 0 Å². The Morgan fingerprint density at radius 3 is 2.24 bits per heavy atom. The van der Waals surface area contributed by atoms with Crippen molar-refractivity contribution in [2.24, 2.45) is 17.8 Å². The fraction of sp³-hybridized carbons (Fsp3) is 0.562. The molecule has 0 atom stereocenters. The number of sulfonamides is 1. The number of hydrogen-bond acceptors (Lipinski definition) is 3. The van der Waals surface area contributed by atoms with Crippen molar-refractivity contribution < 1.29 is 8.42 Å². The average molecular weight is 308 g/mol. The zero-order valence-electron chi connectivity index (χ0n) is 13.3. The molecule has 4 nitrogen and oxygen atoms in total. The highest BCUT2D eigenvalue weighted by Crippen LogP contribution is 2.21. The van der Waals surface area contributed by atoms with Crippen molar-refractivity contribution in [3.05, 3.63) is 29.3 Å². The van der Waals surface area contributed by atoms with Crippen LogP contribution < -0.4 is 4.72 Å². The number of benzene rings is 1. The molecule has 0 amide bonds. The molecule has 1 aromatic rings. The predicted octanol–water partition coefficient (Wildman–Crippen LogP) is 3.07. The van der Waals surface area contributed by atoms with Crippen LogP contribution in [0.2, 0.25) is 0 Å². The molecule has 0 aliphatic carbocycles. The largest absolute Gasteiger partial charge is 0.240 e. The van der Waals surface area contributed by atoms with Gasteiger partial charge in [-0.3, -0.25) is 0 Å². The minimum atomic E-state index is -3.59. The van der Waals surface area contributed by atoms with Crippen molar-refractivity contribution in [3.8, 4) is 6.07 Å². The van der Waals surface area contributed by atoms with Crippen LogP contribution in [-0.2, 0) is 10.0 Å². The first-order valence-corrected chi connectivity index (χ1v) is 8.67. The van der Waals surface area contributed by atoms with Crippen LogP contribution in [0.25, 0.3) is 0 Å². The van der Waals surface area contributed by atoms with Crippen molar-refractivity contribution in [1.29, 1.82) is 5.26 Å². The standard InChI is InChI=1S/C16H24N2O2S/c1-11(2)15(12(3)4)10-18-21(19,20)16-8-14(9-17)7-6-13(16)5/h6-8,11-12,15,18H,10H2,1-5H3. The summed E-state index contributed by atoms with van der Waals surface area (Å²) >= 11 is 0. The van der Waals surface area contributed by atoms with E-state index in [1.54, 1.807) is 19.1 Å². The number of nitrogens with one attached hydrogen (secondary N) is 1. The van der Waals surface area contributed by atoms with Crippen molar-refractivity contribution >= 4 is 10.0 Å². The Labute approximate surface area is 128 Å². The SMILES string of the molecule is Cc1ccc(C#N)cc1S(=O)(=O)NCC(C(C)C)C(C)C. The molecule has 0 spiro atoms. The van der Waals surface area contributed by atoms with Gasteiger partial charge in [0, 0.05) is 6.54 Å². The number of aryl methyl sites for hydroxylation is 1. The molecule has 0 aromatic heterocycles. The van der Waals surface area contributed by atoms with Crippen LogP contribution in [0.5, 0.6) is 0 Å². The van der Waals surface area contributed by atoms with Gasteiger partial charge < -0.3 is 0 Å². The molecule has 0 heterocycles. The maximum absolute atomic E-state index is 12.5. The van der Waals surface area contributed by atoms with Crippen molar-refractivity contribution in [3.63, 3.8) is 0 Å². The number of nitriles is 1. The van der Waals surface area contributed by atoms with Crippen LogP contribution in [-0.4, -0.2) is 15.0 Å². The molecule has 0 fully saturated rings. The summed E-state index contributed by atoms with van der Waals surface area (Å²) in [5.74, 6) is 1.08. The third kappa shape index (κ3) is 4.55.